The van der Waals surface area contributed by atoms with Crippen LogP contribution in [0.25, 0.3) is 0 Å². The average Bonchev–Trinajstić information content (AvgIpc) is 2.49. The first-order chi connectivity index (χ1) is 11.1. The quantitative estimate of drug-likeness (QED) is 0.822. The summed E-state index contributed by atoms with van der Waals surface area (Å²) in [6, 6.07) is 0. The molecule has 0 saturated carbocycles. The van der Waals surface area contributed by atoms with Crippen LogP contribution < -0.4 is 11.2 Å². The van der Waals surface area contributed by atoms with Crippen LogP contribution in [0, 0.1) is 0 Å². The maximum absolute atomic E-state index is 12.4. The van der Waals surface area contributed by atoms with Crippen LogP contribution in [-0.2, 0) is 29.4 Å². The van der Waals surface area contributed by atoms with Gasteiger partial charge in [0.1, 0.15) is 0 Å². The van der Waals surface area contributed by atoms with Gasteiger partial charge >= 0.3 is 21.2 Å². The van der Waals surface area contributed by atoms with Crippen LogP contribution in [0.15, 0.2) is 9.59 Å². The Hall–Kier alpha value is -1.62. The molecular weight excluding hydrogens is 351 g/mol. The van der Waals surface area contributed by atoms with Crippen molar-refractivity contribution in [3.8, 4) is 0 Å². The molecule has 0 aromatic carbocycles. The molecule has 0 atom stereocenters. The lowest BCUT2D eigenvalue weighted by Crippen LogP contribution is -2.40. The SMILES string of the molecule is CN(CCCn1c2c(c(=O)[nH]c1=O)CCCC2)S(=O)(=O)C(F)(F)F. The highest BCUT2D eigenvalue weighted by atomic mass is 32.2. The van der Waals surface area contributed by atoms with Crippen molar-refractivity contribution in [2.45, 2.75) is 44.2 Å². The molecular formula is C13H18F3N3O4S. The minimum Gasteiger partial charge on any atom is -0.297 e. The van der Waals surface area contributed by atoms with Crippen LogP contribution in [0.3, 0.4) is 0 Å². The first-order valence-electron chi connectivity index (χ1n) is 7.43. The van der Waals surface area contributed by atoms with E-state index in [1.165, 1.54) is 4.57 Å². The largest absolute Gasteiger partial charge is 0.511 e. The van der Waals surface area contributed by atoms with Gasteiger partial charge in [-0.05, 0) is 32.1 Å². The number of aromatic nitrogens is 2. The molecule has 0 amide bonds. The van der Waals surface area contributed by atoms with E-state index in [4.69, 9.17) is 0 Å². The summed E-state index contributed by atoms with van der Waals surface area (Å²) in [7, 11) is -4.54. The zero-order valence-corrected chi connectivity index (χ0v) is 13.8. The van der Waals surface area contributed by atoms with E-state index in [9.17, 15) is 31.2 Å². The minimum absolute atomic E-state index is 0.0181. The molecule has 1 aliphatic carbocycles. The number of sulfonamides is 1. The van der Waals surface area contributed by atoms with Crippen molar-refractivity contribution in [2.24, 2.45) is 0 Å². The molecule has 0 unspecified atom stereocenters. The zero-order valence-electron chi connectivity index (χ0n) is 13.0. The molecule has 0 bridgehead atoms. The van der Waals surface area contributed by atoms with E-state index in [2.05, 4.69) is 4.98 Å². The van der Waals surface area contributed by atoms with Crippen molar-refractivity contribution in [2.75, 3.05) is 13.6 Å². The van der Waals surface area contributed by atoms with Crippen LogP contribution in [0.5, 0.6) is 0 Å². The van der Waals surface area contributed by atoms with Gasteiger partial charge in [-0.3, -0.25) is 14.3 Å². The Morgan fingerprint density at radius 3 is 2.46 bits per heavy atom. The van der Waals surface area contributed by atoms with Crippen LogP contribution in [0.2, 0.25) is 0 Å². The van der Waals surface area contributed by atoms with Gasteiger partial charge in [0.05, 0.1) is 0 Å². The third kappa shape index (κ3) is 3.56. The molecule has 24 heavy (non-hydrogen) atoms. The first kappa shape index (κ1) is 18.7. The van der Waals surface area contributed by atoms with E-state index in [0.29, 0.717) is 24.1 Å². The highest BCUT2D eigenvalue weighted by molar-refractivity contribution is 7.89. The lowest BCUT2D eigenvalue weighted by atomic mass is 9.97. The Kier molecular flexibility index (Phi) is 5.23. The van der Waals surface area contributed by atoms with Gasteiger partial charge in [-0.1, -0.05) is 0 Å². The van der Waals surface area contributed by atoms with Crippen LogP contribution in [-0.4, -0.2) is 41.4 Å². The van der Waals surface area contributed by atoms with Gasteiger partial charge in [0.15, 0.2) is 0 Å². The number of hydrogen-bond donors (Lipinski definition) is 1. The van der Waals surface area contributed by atoms with E-state index in [1.807, 2.05) is 0 Å². The molecule has 0 spiro atoms. The summed E-state index contributed by atoms with van der Waals surface area (Å²) in [6.07, 6.45) is 2.77. The second kappa shape index (κ2) is 6.71. The van der Waals surface area contributed by atoms with E-state index >= 15 is 0 Å². The fourth-order valence-corrected chi connectivity index (χ4v) is 3.50. The Morgan fingerprint density at radius 2 is 1.83 bits per heavy atom. The molecule has 11 heteroatoms. The van der Waals surface area contributed by atoms with Crippen molar-refractivity contribution in [3.05, 3.63) is 32.1 Å². The number of hydrogen-bond acceptors (Lipinski definition) is 4. The van der Waals surface area contributed by atoms with Crippen molar-refractivity contribution in [3.63, 3.8) is 0 Å². The van der Waals surface area contributed by atoms with Crippen LogP contribution in [0.1, 0.15) is 30.5 Å². The Morgan fingerprint density at radius 1 is 1.21 bits per heavy atom. The van der Waals surface area contributed by atoms with Crippen molar-refractivity contribution in [1.82, 2.24) is 13.9 Å². The molecule has 2 rings (SSSR count). The highest BCUT2D eigenvalue weighted by Crippen LogP contribution is 2.26. The summed E-state index contributed by atoms with van der Waals surface area (Å²) in [5.41, 5.74) is -5.28. The Balaban J connectivity index is 2.14. The third-order valence-electron chi connectivity index (χ3n) is 4.06. The third-order valence-corrected chi connectivity index (χ3v) is 5.65. The van der Waals surface area contributed by atoms with Crippen molar-refractivity contribution in [1.29, 1.82) is 0 Å². The van der Waals surface area contributed by atoms with Crippen LogP contribution >= 0.6 is 0 Å². The number of aromatic amines is 1. The second-order valence-corrected chi connectivity index (χ2v) is 7.71. The summed E-state index contributed by atoms with van der Waals surface area (Å²) in [5.74, 6) is 0. The monoisotopic (exact) mass is 369 g/mol. The number of rotatable bonds is 5. The molecule has 0 aliphatic heterocycles. The van der Waals surface area contributed by atoms with Crippen molar-refractivity contribution >= 4 is 10.0 Å². The zero-order chi connectivity index (χ0) is 18.1. The predicted molar refractivity (Wildman–Crippen MR) is 80.2 cm³/mol. The topological polar surface area (TPSA) is 92.2 Å². The number of halogens is 3. The maximum atomic E-state index is 12.4. The fourth-order valence-electron chi connectivity index (χ4n) is 2.78. The molecule has 1 N–H and O–H groups in total. The van der Waals surface area contributed by atoms with Gasteiger partial charge in [-0.25, -0.2) is 13.2 Å². The number of fused-ring (bicyclic) bond motifs is 1. The van der Waals surface area contributed by atoms with Crippen LogP contribution in [0.4, 0.5) is 13.2 Å². The Labute approximate surface area is 136 Å². The summed E-state index contributed by atoms with van der Waals surface area (Å²) in [4.78, 5) is 25.9. The molecule has 136 valence electrons. The average molecular weight is 369 g/mol. The second-order valence-electron chi connectivity index (χ2n) is 5.67. The lowest BCUT2D eigenvalue weighted by molar-refractivity contribution is -0.0482. The standard InChI is InChI=1S/C13H18F3N3O4S/c1-18(24(22,23)13(14,15)16)7-4-8-19-10-6-3-2-5-9(10)11(20)17-12(19)21/h2-8H2,1H3,(H,17,20,21). The van der Waals surface area contributed by atoms with Gasteiger partial charge in [-0.15, -0.1) is 0 Å². The minimum atomic E-state index is -5.38. The van der Waals surface area contributed by atoms with Gasteiger partial charge in [-0.2, -0.15) is 17.5 Å². The molecule has 1 aliphatic rings. The molecule has 0 fully saturated rings. The summed E-state index contributed by atoms with van der Waals surface area (Å²) in [6.45, 7) is -0.349. The summed E-state index contributed by atoms with van der Waals surface area (Å²) in [5, 5.41) is 0. The van der Waals surface area contributed by atoms with Gasteiger partial charge in [0.2, 0.25) is 0 Å². The van der Waals surface area contributed by atoms with Gasteiger partial charge < -0.3 is 0 Å². The number of nitrogens with zero attached hydrogens (tertiary/aromatic N) is 2. The Bertz CT molecular complexity index is 826. The van der Waals surface area contributed by atoms with E-state index in [-0.39, 0.29) is 23.8 Å². The normalized spacial score (nSPS) is 15.5. The van der Waals surface area contributed by atoms with E-state index < -0.39 is 26.8 Å². The van der Waals surface area contributed by atoms with E-state index in [0.717, 1.165) is 19.9 Å². The number of nitrogens with one attached hydrogen (secondary N) is 1. The summed E-state index contributed by atoms with van der Waals surface area (Å²) >= 11 is 0. The molecule has 1 aromatic heterocycles. The number of H-pyrrole nitrogens is 1. The smallest absolute Gasteiger partial charge is 0.297 e. The van der Waals surface area contributed by atoms with E-state index in [1.54, 1.807) is 0 Å². The molecule has 7 nitrogen and oxygen atoms in total. The predicted octanol–water partition coefficient (Wildman–Crippen LogP) is 0.587. The summed E-state index contributed by atoms with van der Waals surface area (Å²) < 4.78 is 61.3. The molecule has 0 saturated heterocycles. The lowest BCUT2D eigenvalue weighted by Gasteiger charge is -2.21. The maximum Gasteiger partial charge on any atom is 0.511 e. The highest BCUT2D eigenvalue weighted by Gasteiger charge is 2.48. The molecule has 1 heterocycles. The van der Waals surface area contributed by atoms with Gasteiger partial charge in [0, 0.05) is 31.4 Å². The fraction of sp³-hybridized carbons (Fsp3) is 0.692. The van der Waals surface area contributed by atoms with Crippen molar-refractivity contribution < 1.29 is 21.6 Å². The molecule has 1 aromatic rings. The molecule has 0 radical (unpaired) electrons. The first-order valence-corrected chi connectivity index (χ1v) is 8.87. The number of alkyl halides is 3. The van der Waals surface area contributed by atoms with Gasteiger partial charge in [0.25, 0.3) is 5.56 Å².